The topological polar surface area (TPSA) is 26.3 Å². The molecule has 36 heavy (non-hydrogen) atoms. The van der Waals surface area contributed by atoms with E-state index in [1.54, 1.807) is 0 Å². The Kier molecular flexibility index (Phi) is 6.81. The van der Waals surface area contributed by atoms with Crippen LogP contribution in [0.1, 0.15) is 124 Å². The van der Waals surface area contributed by atoms with Crippen molar-refractivity contribution in [3.63, 3.8) is 0 Å². The average Bonchev–Trinajstić information content (AvgIpc) is 3.14. The van der Waals surface area contributed by atoms with Gasteiger partial charge in [-0.2, -0.15) is 0 Å². The molecular formula is C33H58O2Si. The molecule has 3 heteroatoms. The van der Waals surface area contributed by atoms with E-state index < -0.39 is 20.8 Å². The van der Waals surface area contributed by atoms with Gasteiger partial charge in [0.15, 0.2) is 8.32 Å². The summed E-state index contributed by atoms with van der Waals surface area (Å²) in [6.45, 7) is 22.1. The van der Waals surface area contributed by atoms with Crippen LogP contribution in [-0.4, -0.2) is 20.2 Å². The number of hydrogen-bond acceptors (Lipinski definition) is 2. The Bertz CT molecular complexity index is 984. The first-order valence-electron chi connectivity index (χ1n) is 16.6. The number of hydrogen-bond donors (Lipinski definition) is 0. The summed E-state index contributed by atoms with van der Waals surface area (Å²) < 4.78 is 34.5. The summed E-state index contributed by atoms with van der Waals surface area (Å²) in [5.74, 6) is 3.55. The normalized spacial score (nSPS) is 44.4. The summed E-state index contributed by atoms with van der Waals surface area (Å²) in [7, 11) is -2.31. The summed E-state index contributed by atoms with van der Waals surface area (Å²) in [6.07, 6.45) is 7.73. The van der Waals surface area contributed by atoms with Crippen LogP contribution in [0.4, 0.5) is 0 Å². The lowest BCUT2D eigenvalue weighted by molar-refractivity contribution is -0.122. The molecule has 0 bridgehead atoms. The fourth-order valence-electron chi connectivity index (χ4n) is 8.56. The maximum atomic E-state index is 12.3. The predicted molar refractivity (Wildman–Crippen MR) is 156 cm³/mol. The molecule has 0 aliphatic heterocycles. The van der Waals surface area contributed by atoms with E-state index >= 15 is 0 Å². The quantitative estimate of drug-likeness (QED) is 0.248. The highest BCUT2D eigenvalue weighted by Crippen LogP contribution is 2.67. The molecule has 4 aliphatic rings. The fraction of sp³-hybridized carbons (Fsp3) is 0.909. The van der Waals surface area contributed by atoms with Crippen LogP contribution in [0.15, 0.2) is 11.6 Å². The number of ketones is 1. The Labute approximate surface area is 229 Å². The standard InChI is InChI=1S/C33H58O2Si/c1-22(2)30(34)16-11-23(3)27-14-15-28-26-13-12-24-21-25(35-36(9,10)31(4,5)6)17-19-32(24,7)29(26)18-20-33(27,28)8/h12,22-23,25-29H,11,13-21H2,1-10H3/t23-,25+,26+,27-,28+,29+,32+,33-/m1/s1/i17D2,25D. The molecule has 0 aromatic rings. The first-order valence-corrected chi connectivity index (χ1v) is 18.0. The smallest absolute Gasteiger partial charge is 0.192 e. The zero-order valence-electron chi connectivity index (χ0n) is 28.2. The van der Waals surface area contributed by atoms with Crippen molar-refractivity contribution in [3.8, 4) is 0 Å². The van der Waals surface area contributed by atoms with E-state index in [9.17, 15) is 8.91 Å². The van der Waals surface area contributed by atoms with E-state index in [1.165, 1.54) is 24.8 Å². The van der Waals surface area contributed by atoms with Crippen molar-refractivity contribution in [3.05, 3.63) is 11.6 Å². The second kappa shape index (κ2) is 9.96. The second-order valence-electron chi connectivity index (χ2n) is 15.4. The van der Waals surface area contributed by atoms with Gasteiger partial charge in [0.25, 0.3) is 0 Å². The van der Waals surface area contributed by atoms with Crippen LogP contribution in [0.5, 0.6) is 0 Å². The first-order chi connectivity index (χ1) is 17.7. The SMILES string of the molecule is [2H]C1([2H])C[C@@]2(C)C(=CC[C@H]3[C@@H]4CC[C@H]([C@H](C)CCC(=O)C(C)C)[C@@]4(C)CC[C@@H]32)C[C@@]1([2H])O[Si](C)(C)C(C)(C)C. The molecule has 4 aliphatic carbocycles. The summed E-state index contributed by atoms with van der Waals surface area (Å²) in [5.41, 5.74) is 1.43. The van der Waals surface area contributed by atoms with E-state index in [0.29, 0.717) is 60.1 Å². The molecule has 0 spiro atoms. The van der Waals surface area contributed by atoms with Gasteiger partial charge in [0.2, 0.25) is 0 Å². The number of rotatable bonds is 7. The van der Waals surface area contributed by atoms with Gasteiger partial charge in [-0.1, -0.05) is 67.0 Å². The third-order valence-corrected chi connectivity index (χ3v) is 16.4. The highest BCUT2D eigenvalue weighted by molar-refractivity contribution is 6.74. The average molecular weight is 518 g/mol. The van der Waals surface area contributed by atoms with Gasteiger partial charge in [-0.15, -0.1) is 0 Å². The monoisotopic (exact) mass is 517 g/mol. The van der Waals surface area contributed by atoms with Gasteiger partial charge in [-0.3, -0.25) is 4.79 Å². The van der Waals surface area contributed by atoms with Gasteiger partial charge in [-0.25, -0.2) is 0 Å². The Balaban J connectivity index is 1.56. The van der Waals surface area contributed by atoms with Crippen molar-refractivity contribution in [2.45, 2.75) is 144 Å². The molecule has 3 fully saturated rings. The van der Waals surface area contributed by atoms with Crippen molar-refractivity contribution >= 4 is 14.1 Å². The van der Waals surface area contributed by atoms with Crippen LogP contribution in [-0.2, 0) is 9.22 Å². The molecule has 0 unspecified atom stereocenters. The van der Waals surface area contributed by atoms with Gasteiger partial charge in [0.1, 0.15) is 5.78 Å². The van der Waals surface area contributed by atoms with E-state index in [1.807, 2.05) is 13.8 Å². The van der Waals surface area contributed by atoms with Crippen LogP contribution in [0.3, 0.4) is 0 Å². The maximum absolute atomic E-state index is 12.3. The van der Waals surface area contributed by atoms with Gasteiger partial charge >= 0.3 is 0 Å². The second-order valence-corrected chi connectivity index (χ2v) is 20.2. The molecule has 206 valence electrons. The molecule has 0 amide bonds. The van der Waals surface area contributed by atoms with Crippen molar-refractivity contribution in [2.24, 2.45) is 46.3 Å². The minimum atomic E-state index is -2.31. The minimum Gasteiger partial charge on any atom is -0.414 e. The van der Waals surface area contributed by atoms with E-state index in [0.717, 1.165) is 19.3 Å². The molecule has 4 rings (SSSR count). The summed E-state index contributed by atoms with van der Waals surface area (Å²) in [5, 5.41) is -0.0595. The summed E-state index contributed by atoms with van der Waals surface area (Å²) in [4.78, 5) is 12.3. The van der Waals surface area contributed by atoms with Crippen LogP contribution < -0.4 is 0 Å². The lowest BCUT2D eigenvalue weighted by Crippen LogP contribution is -2.52. The van der Waals surface area contributed by atoms with Crippen molar-refractivity contribution in [1.29, 1.82) is 0 Å². The minimum absolute atomic E-state index is 0.0595. The Morgan fingerprint density at radius 3 is 2.50 bits per heavy atom. The third kappa shape index (κ3) is 4.98. The van der Waals surface area contributed by atoms with Crippen molar-refractivity contribution in [2.75, 3.05) is 0 Å². The molecule has 0 aromatic heterocycles. The lowest BCUT2D eigenvalue weighted by atomic mass is 9.47. The van der Waals surface area contributed by atoms with Crippen LogP contribution >= 0.6 is 0 Å². The number of allylic oxidation sites excluding steroid dienone is 1. The lowest BCUT2D eigenvalue weighted by Gasteiger charge is -2.59. The zero-order chi connectivity index (χ0) is 29.4. The molecule has 0 radical (unpaired) electrons. The highest BCUT2D eigenvalue weighted by atomic mass is 28.4. The first kappa shape index (κ1) is 24.6. The molecule has 3 saturated carbocycles. The molecule has 0 saturated heterocycles. The zero-order valence-corrected chi connectivity index (χ0v) is 26.2. The molecular weight excluding hydrogens is 456 g/mol. The molecule has 8 atom stereocenters. The Morgan fingerprint density at radius 2 is 1.86 bits per heavy atom. The number of carbonyl (C=O) groups is 1. The van der Waals surface area contributed by atoms with Gasteiger partial charge in [-0.05, 0) is 116 Å². The number of Topliss-reactive ketones (excluding diaryl/α,β-unsaturated/α-hetero) is 1. The van der Waals surface area contributed by atoms with Crippen molar-refractivity contribution < 1.29 is 13.3 Å². The fourth-order valence-corrected chi connectivity index (χ4v) is 9.63. The van der Waals surface area contributed by atoms with Gasteiger partial charge in [0, 0.05) is 21.2 Å². The van der Waals surface area contributed by atoms with Gasteiger partial charge < -0.3 is 4.43 Å². The van der Waals surface area contributed by atoms with E-state index in [-0.39, 0.29) is 16.4 Å². The third-order valence-electron chi connectivity index (χ3n) is 12.1. The molecule has 0 heterocycles. The van der Waals surface area contributed by atoms with Gasteiger partial charge in [0.05, 0.1) is 1.37 Å². The van der Waals surface area contributed by atoms with Crippen LogP contribution in [0.25, 0.3) is 0 Å². The van der Waals surface area contributed by atoms with E-state index in [4.69, 9.17) is 4.43 Å². The molecule has 0 N–H and O–H groups in total. The number of carbonyl (C=O) groups excluding carboxylic acids is 1. The van der Waals surface area contributed by atoms with Crippen LogP contribution in [0.2, 0.25) is 18.1 Å². The van der Waals surface area contributed by atoms with E-state index in [2.05, 4.69) is 60.7 Å². The number of fused-ring (bicyclic) bond motifs is 5. The predicted octanol–water partition coefficient (Wildman–Crippen LogP) is 9.60. The summed E-state index contributed by atoms with van der Waals surface area (Å²) >= 11 is 0. The van der Waals surface area contributed by atoms with Crippen molar-refractivity contribution in [1.82, 2.24) is 0 Å². The largest absolute Gasteiger partial charge is 0.414 e. The molecule has 2 nitrogen and oxygen atoms in total. The Morgan fingerprint density at radius 1 is 1.17 bits per heavy atom. The highest BCUT2D eigenvalue weighted by Gasteiger charge is 2.59. The maximum Gasteiger partial charge on any atom is 0.192 e. The summed E-state index contributed by atoms with van der Waals surface area (Å²) in [6, 6.07) is 0. The Hall–Kier alpha value is -0.413. The van der Waals surface area contributed by atoms with Crippen LogP contribution in [0, 0.1) is 46.3 Å². The molecule has 0 aromatic carbocycles.